The Labute approximate surface area is 89.3 Å². The summed E-state index contributed by atoms with van der Waals surface area (Å²) >= 11 is 0. The van der Waals surface area contributed by atoms with E-state index in [9.17, 15) is 0 Å². The van der Waals surface area contributed by atoms with E-state index < -0.39 is 0 Å². The third-order valence-electron chi connectivity index (χ3n) is 2.36. The number of benzene rings is 1. The predicted octanol–water partition coefficient (Wildman–Crippen LogP) is 1.91. The van der Waals surface area contributed by atoms with Gasteiger partial charge in [0.25, 0.3) is 0 Å². The van der Waals surface area contributed by atoms with Gasteiger partial charge in [0, 0.05) is 30.4 Å². The van der Waals surface area contributed by atoms with E-state index in [1.54, 1.807) is 0 Å². The van der Waals surface area contributed by atoms with Crippen LogP contribution in [0, 0.1) is 6.92 Å². The minimum atomic E-state index is 0.635. The van der Waals surface area contributed by atoms with Gasteiger partial charge in [-0.15, -0.1) is 0 Å². The highest BCUT2D eigenvalue weighted by Gasteiger charge is 2.00. The fourth-order valence-corrected chi connectivity index (χ4v) is 1.62. The maximum absolute atomic E-state index is 5.47. The maximum atomic E-state index is 5.47. The molecule has 0 radical (unpaired) electrons. The van der Waals surface area contributed by atoms with Crippen molar-refractivity contribution >= 4 is 16.6 Å². The third-order valence-corrected chi connectivity index (χ3v) is 2.36. The molecule has 0 aliphatic carbocycles. The first-order valence-corrected chi connectivity index (χ1v) is 5.10. The standard InChI is InChI=1S/C12H15N3/c1-9-2-3-11-10(8-9)12(4-6-14-11)15-7-5-13/h2-4,6,8H,5,7,13H2,1H3,(H,14,15). The van der Waals surface area contributed by atoms with E-state index in [4.69, 9.17) is 5.73 Å². The second-order valence-corrected chi connectivity index (χ2v) is 3.59. The van der Waals surface area contributed by atoms with E-state index in [0.717, 1.165) is 23.1 Å². The average molecular weight is 201 g/mol. The van der Waals surface area contributed by atoms with Crippen LogP contribution in [0.15, 0.2) is 30.5 Å². The molecule has 1 aromatic heterocycles. The van der Waals surface area contributed by atoms with Crippen LogP contribution in [0.2, 0.25) is 0 Å². The van der Waals surface area contributed by atoms with Gasteiger partial charge in [-0.2, -0.15) is 0 Å². The zero-order valence-electron chi connectivity index (χ0n) is 8.83. The second kappa shape index (κ2) is 4.28. The summed E-state index contributed by atoms with van der Waals surface area (Å²) in [7, 11) is 0. The second-order valence-electron chi connectivity index (χ2n) is 3.59. The molecule has 0 aliphatic rings. The molecule has 2 rings (SSSR count). The molecule has 0 unspecified atom stereocenters. The van der Waals surface area contributed by atoms with E-state index in [1.165, 1.54) is 5.56 Å². The van der Waals surface area contributed by atoms with Crippen LogP contribution in [-0.4, -0.2) is 18.1 Å². The number of pyridine rings is 1. The smallest absolute Gasteiger partial charge is 0.0722 e. The monoisotopic (exact) mass is 201 g/mol. The van der Waals surface area contributed by atoms with Gasteiger partial charge in [-0.25, -0.2) is 0 Å². The fraction of sp³-hybridized carbons (Fsp3) is 0.250. The Morgan fingerprint density at radius 2 is 2.20 bits per heavy atom. The van der Waals surface area contributed by atoms with Crippen LogP contribution in [0.3, 0.4) is 0 Å². The van der Waals surface area contributed by atoms with Gasteiger partial charge in [0.15, 0.2) is 0 Å². The van der Waals surface area contributed by atoms with Crippen LogP contribution in [-0.2, 0) is 0 Å². The maximum Gasteiger partial charge on any atom is 0.0722 e. The number of aromatic nitrogens is 1. The predicted molar refractivity (Wildman–Crippen MR) is 64.0 cm³/mol. The molecule has 0 saturated heterocycles. The van der Waals surface area contributed by atoms with Crippen molar-refractivity contribution in [3.05, 3.63) is 36.0 Å². The van der Waals surface area contributed by atoms with E-state index >= 15 is 0 Å². The van der Waals surface area contributed by atoms with Crippen molar-refractivity contribution in [2.24, 2.45) is 5.73 Å². The van der Waals surface area contributed by atoms with Crippen molar-refractivity contribution in [1.82, 2.24) is 4.98 Å². The highest BCUT2D eigenvalue weighted by Crippen LogP contribution is 2.22. The average Bonchev–Trinajstić information content (AvgIpc) is 2.26. The lowest BCUT2D eigenvalue weighted by Gasteiger charge is -2.08. The number of fused-ring (bicyclic) bond motifs is 1. The summed E-state index contributed by atoms with van der Waals surface area (Å²) in [6.07, 6.45) is 1.82. The molecule has 2 aromatic rings. The number of nitrogens with zero attached hydrogens (tertiary/aromatic N) is 1. The van der Waals surface area contributed by atoms with Gasteiger partial charge >= 0.3 is 0 Å². The molecule has 0 saturated carbocycles. The van der Waals surface area contributed by atoms with E-state index in [-0.39, 0.29) is 0 Å². The summed E-state index contributed by atoms with van der Waals surface area (Å²) in [4.78, 5) is 4.32. The molecule has 1 heterocycles. The van der Waals surface area contributed by atoms with Gasteiger partial charge < -0.3 is 11.1 Å². The van der Waals surface area contributed by atoms with Crippen molar-refractivity contribution < 1.29 is 0 Å². The Morgan fingerprint density at radius 1 is 1.33 bits per heavy atom. The number of nitrogens with one attached hydrogen (secondary N) is 1. The number of hydrogen-bond donors (Lipinski definition) is 2. The molecule has 78 valence electrons. The van der Waals surface area contributed by atoms with Gasteiger partial charge in [0.1, 0.15) is 0 Å². The van der Waals surface area contributed by atoms with Gasteiger partial charge in [0.05, 0.1) is 5.52 Å². The minimum absolute atomic E-state index is 0.635. The molecular weight excluding hydrogens is 186 g/mol. The van der Waals surface area contributed by atoms with Gasteiger partial charge in [-0.05, 0) is 25.1 Å². The highest BCUT2D eigenvalue weighted by atomic mass is 14.9. The SMILES string of the molecule is Cc1ccc2nccc(NCCN)c2c1. The van der Waals surface area contributed by atoms with E-state index in [2.05, 4.69) is 29.4 Å². The summed E-state index contributed by atoms with van der Waals surface area (Å²) in [6, 6.07) is 8.24. The molecular formula is C12H15N3. The third kappa shape index (κ3) is 2.07. The van der Waals surface area contributed by atoms with Crippen LogP contribution >= 0.6 is 0 Å². The summed E-state index contributed by atoms with van der Waals surface area (Å²) < 4.78 is 0. The Bertz CT molecular complexity index is 465. The minimum Gasteiger partial charge on any atom is -0.383 e. The lowest BCUT2D eigenvalue weighted by Crippen LogP contribution is -2.13. The molecule has 3 N–H and O–H groups in total. The van der Waals surface area contributed by atoms with Gasteiger partial charge in [-0.3, -0.25) is 4.98 Å². The number of aryl methyl sites for hydroxylation is 1. The Morgan fingerprint density at radius 3 is 3.00 bits per heavy atom. The largest absolute Gasteiger partial charge is 0.383 e. The van der Waals surface area contributed by atoms with Crippen molar-refractivity contribution in [3.63, 3.8) is 0 Å². The molecule has 0 atom stereocenters. The van der Waals surface area contributed by atoms with E-state index in [1.807, 2.05) is 18.3 Å². The molecule has 0 fully saturated rings. The van der Waals surface area contributed by atoms with Crippen LogP contribution in [0.1, 0.15) is 5.56 Å². The Balaban J connectivity index is 2.48. The first kappa shape index (κ1) is 9.93. The molecule has 0 spiro atoms. The summed E-state index contributed by atoms with van der Waals surface area (Å²) in [5.74, 6) is 0. The zero-order chi connectivity index (χ0) is 10.7. The molecule has 0 amide bonds. The first-order valence-electron chi connectivity index (χ1n) is 5.10. The molecule has 0 bridgehead atoms. The van der Waals surface area contributed by atoms with Crippen LogP contribution in [0.25, 0.3) is 10.9 Å². The Hall–Kier alpha value is -1.61. The van der Waals surface area contributed by atoms with Crippen molar-refractivity contribution in [2.75, 3.05) is 18.4 Å². The van der Waals surface area contributed by atoms with Crippen LogP contribution < -0.4 is 11.1 Å². The van der Waals surface area contributed by atoms with Crippen LogP contribution in [0.5, 0.6) is 0 Å². The summed E-state index contributed by atoms with van der Waals surface area (Å²) in [6.45, 7) is 3.50. The number of rotatable bonds is 3. The van der Waals surface area contributed by atoms with Crippen molar-refractivity contribution in [1.29, 1.82) is 0 Å². The first-order chi connectivity index (χ1) is 7.31. The molecule has 3 nitrogen and oxygen atoms in total. The number of hydrogen-bond acceptors (Lipinski definition) is 3. The molecule has 3 heteroatoms. The fourth-order valence-electron chi connectivity index (χ4n) is 1.62. The summed E-state index contributed by atoms with van der Waals surface area (Å²) in [5, 5.41) is 4.46. The van der Waals surface area contributed by atoms with Gasteiger partial charge in [-0.1, -0.05) is 11.6 Å². The quantitative estimate of drug-likeness (QED) is 0.797. The van der Waals surface area contributed by atoms with Gasteiger partial charge in [0.2, 0.25) is 0 Å². The molecule has 1 aromatic carbocycles. The highest BCUT2D eigenvalue weighted by molar-refractivity contribution is 5.91. The lowest BCUT2D eigenvalue weighted by molar-refractivity contribution is 1.03. The normalized spacial score (nSPS) is 10.5. The molecule has 0 aliphatic heterocycles. The molecule has 15 heavy (non-hydrogen) atoms. The topological polar surface area (TPSA) is 50.9 Å². The number of nitrogens with two attached hydrogens (primary N) is 1. The Kier molecular flexibility index (Phi) is 2.83. The zero-order valence-corrected chi connectivity index (χ0v) is 8.83. The van der Waals surface area contributed by atoms with E-state index in [0.29, 0.717) is 6.54 Å². The number of anilines is 1. The van der Waals surface area contributed by atoms with Crippen molar-refractivity contribution in [2.45, 2.75) is 6.92 Å². The van der Waals surface area contributed by atoms with Crippen LogP contribution in [0.4, 0.5) is 5.69 Å². The summed E-state index contributed by atoms with van der Waals surface area (Å²) in [5.41, 5.74) is 8.84. The lowest BCUT2D eigenvalue weighted by atomic mass is 10.1. The van der Waals surface area contributed by atoms with Crippen molar-refractivity contribution in [3.8, 4) is 0 Å².